The second kappa shape index (κ2) is 6.15. The van der Waals surface area contributed by atoms with Crippen LogP contribution in [0.2, 0.25) is 0 Å². The molecule has 6 nitrogen and oxygen atoms in total. The van der Waals surface area contributed by atoms with Gasteiger partial charge in [0.15, 0.2) is 0 Å². The summed E-state index contributed by atoms with van der Waals surface area (Å²) >= 11 is 0. The maximum Gasteiger partial charge on any atom is 0.262 e. The molecule has 2 aromatic carbocycles. The van der Waals surface area contributed by atoms with E-state index in [0.29, 0.717) is 43.4 Å². The number of fused-ring (bicyclic) bond motifs is 2. The first-order valence-corrected chi connectivity index (χ1v) is 9.77. The molecule has 0 fully saturated rings. The molecule has 0 bridgehead atoms. The van der Waals surface area contributed by atoms with Gasteiger partial charge in [-0.15, -0.1) is 0 Å². The highest BCUT2D eigenvalue weighted by atomic mass is 32.2. The molecule has 2 aliphatic heterocycles. The molecule has 2 aliphatic rings. The summed E-state index contributed by atoms with van der Waals surface area (Å²) in [6, 6.07) is 8.33. The van der Waals surface area contributed by atoms with Crippen LogP contribution in [0.25, 0.3) is 0 Å². The fraction of sp³-hybridized carbons (Fsp3) is 0.333. The quantitative estimate of drug-likeness (QED) is 0.886. The molecule has 0 saturated heterocycles. The van der Waals surface area contributed by atoms with Crippen LogP contribution >= 0.6 is 0 Å². The molecule has 0 aliphatic carbocycles. The minimum atomic E-state index is -3.73. The van der Waals surface area contributed by atoms with Gasteiger partial charge in [-0.3, -0.25) is 4.72 Å². The maximum atomic E-state index is 12.8. The van der Waals surface area contributed by atoms with Crippen molar-refractivity contribution in [1.29, 1.82) is 0 Å². The molecule has 132 valence electrons. The van der Waals surface area contributed by atoms with E-state index in [0.717, 1.165) is 23.3 Å². The zero-order valence-electron chi connectivity index (χ0n) is 13.9. The van der Waals surface area contributed by atoms with E-state index < -0.39 is 10.0 Å². The summed E-state index contributed by atoms with van der Waals surface area (Å²) in [6.45, 7) is 3.51. The van der Waals surface area contributed by atoms with E-state index in [2.05, 4.69) is 4.72 Å². The van der Waals surface area contributed by atoms with E-state index in [-0.39, 0.29) is 4.90 Å². The Hall–Kier alpha value is -2.41. The molecule has 2 aromatic rings. The lowest BCUT2D eigenvalue weighted by molar-refractivity contribution is 0.340. The molecule has 1 N–H and O–H groups in total. The normalized spacial score (nSPS) is 15.1. The maximum absolute atomic E-state index is 12.8. The van der Waals surface area contributed by atoms with Crippen molar-refractivity contribution in [1.82, 2.24) is 0 Å². The van der Waals surface area contributed by atoms with E-state index in [4.69, 9.17) is 14.2 Å². The topological polar surface area (TPSA) is 73.9 Å². The highest BCUT2D eigenvalue weighted by Crippen LogP contribution is 2.45. The predicted molar refractivity (Wildman–Crippen MR) is 93.3 cm³/mol. The van der Waals surface area contributed by atoms with Gasteiger partial charge in [-0.05, 0) is 37.3 Å². The van der Waals surface area contributed by atoms with Crippen LogP contribution in [0.5, 0.6) is 17.2 Å². The van der Waals surface area contributed by atoms with Crippen LogP contribution < -0.4 is 18.9 Å². The molecular formula is C18H19NO5S. The van der Waals surface area contributed by atoms with Gasteiger partial charge >= 0.3 is 0 Å². The summed E-state index contributed by atoms with van der Waals surface area (Å²) in [7, 11) is -3.73. The number of nitrogens with one attached hydrogen (secondary N) is 1. The van der Waals surface area contributed by atoms with Crippen LogP contribution in [0.15, 0.2) is 35.2 Å². The molecule has 0 aromatic heterocycles. The van der Waals surface area contributed by atoms with Gasteiger partial charge in [-0.2, -0.15) is 0 Å². The van der Waals surface area contributed by atoms with Gasteiger partial charge in [0.05, 0.1) is 30.4 Å². The lowest BCUT2D eigenvalue weighted by atomic mass is 10.0. The molecule has 0 radical (unpaired) electrons. The molecule has 7 heteroatoms. The van der Waals surface area contributed by atoms with Crippen molar-refractivity contribution in [3.8, 4) is 17.2 Å². The average Bonchev–Trinajstić information content (AvgIpc) is 3.24. The summed E-state index contributed by atoms with van der Waals surface area (Å²) in [4.78, 5) is 0.180. The van der Waals surface area contributed by atoms with Crippen LogP contribution in [0, 0.1) is 0 Å². The highest BCUT2D eigenvalue weighted by Gasteiger charge is 2.29. The second-order valence-electron chi connectivity index (χ2n) is 5.92. The zero-order chi connectivity index (χ0) is 17.4. The Morgan fingerprint density at radius 2 is 1.88 bits per heavy atom. The predicted octanol–water partition coefficient (Wildman–Crippen LogP) is 2.76. The average molecular weight is 361 g/mol. The molecule has 0 spiro atoms. The Balaban J connectivity index is 1.70. The lowest BCUT2D eigenvalue weighted by Crippen LogP contribution is -2.15. The van der Waals surface area contributed by atoms with Gasteiger partial charge < -0.3 is 14.2 Å². The lowest BCUT2D eigenvalue weighted by Gasteiger charge is -2.15. The molecule has 0 saturated carbocycles. The molecule has 0 atom stereocenters. The highest BCUT2D eigenvalue weighted by molar-refractivity contribution is 7.92. The summed E-state index contributed by atoms with van der Waals surface area (Å²) < 4.78 is 45.0. The molecule has 25 heavy (non-hydrogen) atoms. The third-order valence-electron chi connectivity index (χ3n) is 4.33. The van der Waals surface area contributed by atoms with Crippen LogP contribution in [0.4, 0.5) is 5.69 Å². The number of ether oxygens (including phenoxy) is 3. The van der Waals surface area contributed by atoms with Crippen molar-refractivity contribution in [2.24, 2.45) is 0 Å². The number of hydrogen-bond acceptors (Lipinski definition) is 5. The first kappa shape index (κ1) is 16.1. The van der Waals surface area contributed by atoms with Crippen LogP contribution in [0.1, 0.15) is 18.1 Å². The monoisotopic (exact) mass is 361 g/mol. The van der Waals surface area contributed by atoms with Gasteiger partial charge in [0.2, 0.25) is 0 Å². The van der Waals surface area contributed by atoms with Crippen LogP contribution in [-0.4, -0.2) is 28.2 Å². The number of anilines is 1. The Bertz CT molecular complexity index is 874. The van der Waals surface area contributed by atoms with E-state index in [1.165, 1.54) is 12.1 Å². The van der Waals surface area contributed by atoms with Crippen LogP contribution in [0.3, 0.4) is 0 Å². The molecule has 2 heterocycles. The van der Waals surface area contributed by atoms with Gasteiger partial charge in [-0.25, -0.2) is 8.42 Å². The Morgan fingerprint density at radius 3 is 2.64 bits per heavy atom. The Morgan fingerprint density at radius 1 is 1.12 bits per heavy atom. The fourth-order valence-corrected chi connectivity index (χ4v) is 4.27. The molecular weight excluding hydrogens is 342 g/mol. The summed E-state index contributed by atoms with van der Waals surface area (Å²) in [5.74, 6) is 2.01. The van der Waals surface area contributed by atoms with E-state index in [1.54, 1.807) is 12.1 Å². The fourth-order valence-electron chi connectivity index (χ4n) is 3.17. The molecule has 4 rings (SSSR count). The third kappa shape index (κ3) is 2.89. The number of sulfonamides is 1. The first-order valence-electron chi connectivity index (χ1n) is 8.28. The van der Waals surface area contributed by atoms with Gasteiger partial charge in [-0.1, -0.05) is 0 Å². The van der Waals surface area contributed by atoms with Crippen molar-refractivity contribution >= 4 is 15.7 Å². The number of rotatable bonds is 5. The van der Waals surface area contributed by atoms with E-state index in [9.17, 15) is 8.42 Å². The summed E-state index contributed by atoms with van der Waals surface area (Å²) in [5, 5.41) is 0. The Kier molecular flexibility index (Phi) is 3.95. The second-order valence-corrected chi connectivity index (χ2v) is 7.61. The molecule has 0 unspecified atom stereocenters. The minimum Gasteiger partial charge on any atom is -0.494 e. The van der Waals surface area contributed by atoms with Crippen molar-refractivity contribution in [2.45, 2.75) is 24.7 Å². The third-order valence-corrected chi connectivity index (χ3v) is 5.70. The molecule has 0 amide bonds. The standard InChI is InChI=1S/C18H19NO5S/c1-2-22-13-3-5-14(6-4-13)25(20,21)19-17-15-8-10-23-16(15)11-12-7-9-24-18(12)17/h3-6,11,19H,2,7-10H2,1H3. The number of hydrogen-bond donors (Lipinski definition) is 1. The largest absolute Gasteiger partial charge is 0.494 e. The van der Waals surface area contributed by atoms with E-state index >= 15 is 0 Å². The van der Waals surface area contributed by atoms with Crippen molar-refractivity contribution < 1.29 is 22.6 Å². The van der Waals surface area contributed by atoms with Crippen molar-refractivity contribution in [3.05, 3.63) is 41.5 Å². The summed E-state index contributed by atoms with van der Waals surface area (Å²) in [6.07, 6.45) is 1.41. The smallest absolute Gasteiger partial charge is 0.262 e. The minimum absolute atomic E-state index is 0.180. The Labute approximate surface area is 146 Å². The number of benzene rings is 2. The first-order chi connectivity index (χ1) is 12.1. The van der Waals surface area contributed by atoms with Crippen molar-refractivity contribution in [3.63, 3.8) is 0 Å². The van der Waals surface area contributed by atoms with Gasteiger partial charge in [0, 0.05) is 24.0 Å². The van der Waals surface area contributed by atoms with Gasteiger partial charge in [0.1, 0.15) is 17.2 Å². The SMILES string of the molecule is CCOc1ccc(S(=O)(=O)Nc2c3c(cc4c2OCC4)OCC3)cc1. The van der Waals surface area contributed by atoms with Crippen molar-refractivity contribution in [2.75, 3.05) is 24.5 Å². The zero-order valence-corrected chi connectivity index (χ0v) is 14.7. The summed E-state index contributed by atoms with van der Waals surface area (Å²) in [5.41, 5.74) is 2.34. The van der Waals surface area contributed by atoms with Crippen LogP contribution in [-0.2, 0) is 22.9 Å². The van der Waals surface area contributed by atoms with Gasteiger partial charge in [0.25, 0.3) is 10.0 Å². The van der Waals surface area contributed by atoms with E-state index in [1.807, 2.05) is 13.0 Å².